The van der Waals surface area contributed by atoms with E-state index in [0.29, 0.717) is 6.42 Å². The lowest BCUT2D eigenvalue weighted by Crippen LogP contribution is -1.83. The quantitative estimate of drug-likeness (QED) is 0.712. The predicted molar refractivity (Wildman–Crippen MR) is 50.1 cm³/mol. The molecule has 3 heteroatoms. The third-order valence-corrected chi connectivity index (χ3v) is 2.12. The molecule has 0 bridgehead atoms. The number of nitrogens with zero attached hydrogens (tertiary/aromatic N) is 2. The highest BCUT2D eigenvalue weighted by molar-refractivity contribution is 5.84. The summed E-state index contributed by atoms with van der Waals surface area (Å²) in [6.45, 7) is 2.03. The van der Waals surface area contributed by atoms with Gasteiger partial charge in [0.25, 0.3) is 0 Å². The molecule has 0 radical (unpaired) electrons. The summed E-state index contributed by atoms with van der Waals surface area (Å²) in [5, 5.41) is 16.7. The highest BCUT2D eigenvalue weighted by atomic mass is 15.1. The number of fused-ring (bicyclic) bond motifs is 1. The first-order valence-electron chi connectivity index (χ1n) is 4.12. The van der Waals surface area contributed by atoms with Crippen LogP contribution in [0.4, 0.5) is 0 Å². The Morgan fingerprint density at radius 3 is 3.15 bits per heavy atom. The van der Waals surface area contributed by atoms with Crippen LogP contribution >= 0.6 is 0 Å². The maximum Gasteiger partial charge on any atom is 0.0926 e. The van der Waals surface area contributed by atoms with Crippen LogP contribution in [0, 0.1) is 18.3 Å². The van der Waals surface area contributed by atoms with Gasteiger partial charge in [-0.05, 0) is 18.6 Å². The molecule has 0 atom stereocenters. The molecule has 2 aromatic rings. The minimum Gasteiger partial charge on any atom is -0.280 e. The van der Waals surface area contributed by atoms with Crippen molar-refractivity contribution in [1.82, 2.24) is 10.2 Å². The second-order valence-corrected chi connectivity index (χ2v) is 3.01. The average molecular weight is 171 g/mol. The molecule has 0 spiro atoms. The smallest absolute Gasteiger partial charge is 0.0926 e. The van der Waals surface area contributed by atoms with E-state index in [-0.39, 0.29) is 0 Å². The number of aromatic amines is 1. The lowest BCUT2D eigenvalue weighted by Gasteiger charge is -1.95. The summed E-state index contributed by atoms with van der Waals surface area (Å²) in [6, 6.07) is 8.06. The van der Waals surface area contributed by atoms with Crippen molar-refractivity contribution >= 4 is 10.9 Å². The highest BCUT2D eigenvalue weighted by Crippen LogP contribution is 2.19. The average Bonchev–Trinajstić information content (AvgIpc) is 2.51. The number of hydrogen-bond acceptors (Lipinski definition) is 2. The molecule has 0 aliphatic heterocycles. The topological polar surface area (TPSA) is 52.5 Å². The molecular formula is C10H9N3. The van der Waals surface area contributed by atoms with Crippen molar-refractivity contribution < 1.29 is 0 Å². The Hall–Kier alpha value is -1.82. The lowest BCUT2D eigenvalue weighted by molar-refractivity contribution is 1.03. The maximum absolute atomic E-state index is 8.59. The Morgan fingerprint density at radius 2 is 2.38 bits per heavy atom. The molecule has 0 fully saturated rings. The van der Waals surface area contributed by atoms with Gasteiger partial charge in [-0.15, -0.1) is 0 Å². The molecule has 0 aliphatic rings. The second kappa shape index (κ2) is 2.91. The first-order valence-corrected chi connectivity index (χ1v) is 4.12. The van der Waals surface area contributed by atoms with E-state index < -0.39 is 0 Å². The summed E-state index contributed by atoms with van der Waals surface area (Å²) in [5.74, 6) is 0. The summed E-state index contributed by atoms with van der Waals surface area (Å²) < 4.78 is 0. The molecule has 0 aliphatic carbocycles. The standard InChI is InChI=1S/C10H9N3/c1-7-3-2-4-8-10(7)9(5-6-11)13-12-8/h2-4H,5H2,1H3,(H,12,13). The fourth-order valence-corrected chi connectivity index (χ4v) is 1.53. The second-order valence-electron chi connectivity index (χ2n) is 3.01. The first-order chi connectivity index (χ1) is 6.33. The van der Waals surface area contributed by atoms with Crippen LogP contribution in [-0.2, 0) is 6.42 Å². The van der Waals surface area contributed by atoms with E-state index in [9.17, 15) is 0 Å². The summed E-state index contributed by atoms with van der Waals surface area (Å²) in [6.07, 6.45) is 0.390. The van der Waals surface area contributed by atoms with Crippen LogP contribution in [-0.4, -0.2) is 10.2 Å². The van der Waals surface area contributed by atoms with Crippen LogP contribution in [0.5, 0.6) is 0 Å². The molecule has 1 aromatic heterocycles. The zero-order valence-corrected chi connectivity index (χ0v) is 7.33. The number of rotatable bonds is 1. The third kappa shape index (κ3) is 1.17. The van der Waals surface area contributed by atoms with E-state index in [1.54, 1.807) is 0 Å². The van der Waals surface area contributed by atoms with Crippen molar-refractivity contribution in [3.8, 4) is 6.07 Å². The van der Waals surface area contributed by atoms with Crippen LogP contribution in [0.1, 0.15) is 11.3 Å². The van der Waals surface area contributed by atoms with Crippen LogP contribution in [0.25, 0.3) is 10.9 Å². The summed E-state index contributed by atoms with van der Waals surface area (Å²) in [7, 11) is 0. The number of hydrogen-bond donors (Lipinski definition) is 1. The third-order valence-electron chi connectivity index (χ3n) is 2.12. The predicted octanol–water partition coefficient (Wildman–Crippen LogP) is 1.94. The van der Waals surface area contributed by atoms with Crippen molar-refractivity contribution in [3.63, 3.8) is 0 Å². The monoisotopic (exact) mass is 171 g/mol. The molecule has 0 saturated heterocycles. The molecule has 13 heavy (non-hydrogen) atoms. The van der Waals surface area contributed by atoms with E-state index >= 15 is 0 Å². The molecule has 2 rings (SSSR count). The summed E-state index contributed by atoms with van der Waals surface area (Å²) >= 11 is 0. The highest BCUT2D eigenvalue weighted by Gasteiger charge is 2.05. The Morgan fingerprint density at radius 1 is 1.54 bits per heavy atom. The van der Waals surface area contributed by atoms with Gasteiger partial charge >= 0.3 is 0 Å². The molecule has 0 saturated carbocycles. The van der Waals surface area contributed by atoms with Gasteiger partial charge in [-0.2, -0.15) is 10.4 Å². The Bertz CT molecular complexity index is 476. The van der Waals surface area contributed by atoms with Gasteiger partial charge in [-0.1, -0.05) is 12.1 Å². The van der Waals surface area contributed by atoms with Gasteiger partial charge in [-0.3, -0.25) is 5.10 Å². The number of H-pyrrole nitrogens is 1. The van der Waals surface area contributed by atoms with Gasteiger partial charge in [0.2, 0.25) is 0 Å². The SMILES string of the molecule is Cc1cccc2n[nH]c(CC#N)c12. The summed E-state index contributed by atoms with van der Waals surface area (Å²) in [5.41, 5.74) is 3.01. The van der Waals surface area contributed by atoms with Gasteiger partial charge in [0.15, 0.2) is 0 Å². The maximum atomic E-state index is 8.59. The number of benzene rings is 1. The van der Waals surface area contributed by atoms with Crippen LogP contribution in [0.3, 0.4) is 0 Å². The molecule has 64 valence electrons. The zero-order valence-electron chi connectivity index (χ0n) is 7.33. The van der Waals surface area contributed by atoms with Crippen LogP contribution in [0.2, 0.25) is 0 Å². The molecule has 1 N–H and O–H groups in total. The molecule has 1 aromatic carbocycles. The van der Waals surface area contributed by atoms with Crippen molar-refractivity contribution in [2.45, 2.75) is 13.3 Å². The van der Waals surface area contributed by atoms with Crippen molar-refractivity contribution in [2.75, 3.05) is 0 Å². The van der Waals surface area contributed by atoms with Gasteiger partial charge in [-0.25, -0.2) is 0 Å². The Labute approximate surface area is 76.0 Å². The van der Waals surface area contributed by atoms with E-state index in [4.69, 9.17) is 5.26 Å². The number of nitrogens with one attached hydrogen (secondary N) is 1. The fraction of sp³-hybridized carbons (Fsp3) is 0.200. The van der Waals surface area contributed by atoms with E-state index in [1.165, 1.54) is 0 Å². The first kappa shape index (κ1) is 7.81. The molecular weight excluding hydrogens is 162 g/mol. The Kier molecular flexibility index (Phi) is 1.75. The van der Waals surface area contributed by atoms with E-state index in [1.807, 2.05) is 25.1 Å². The molecule has 0 unspecified atom stereocenters. The zero-order chi connectivity index (χ0) is 9.26. The lowest BCUT2D eigenvalue weighted by atomic mass is 10.1. The van der Waals surface area contributed by atoms with Crippen LogP contribution in [0.15, 0.2) is 18.2 Å². The van der Waals surface area contributed by atoms with Gasteiger partial charge in [0.1, 0.15) is 0 Å². The number of aromatic nitrogens is 2. The fourth-order valence-electron chi connectivity index (χ4n) is 1.53. The number of aryl methyl sites for hydroxylation is 1. The number of nitriles is 1. The van der Waals surface area contributed by atoms with E-state index in [0.717, 1.165) is 22.2 Å². The molecule has 0 amide bonds. The van der Waals surface area contributed by atoms with Gasteiger partial charge in [0, 0.05) is 5.39 Å². The largest absolute Gasteiger partial charge is 0.280 e. The Balaban J connectivity index is 2.73. The van der Waals surface area contributed by atoms with Crippen molar-refractivity contribution in [1.29, 1.82) is 5.26 Å². The minimum atomic E-state index is 0.390. The molecule has 3 nitrogen and oxygen atoms in total. The normalized spacial score (nSPS) is 10.2. The minimum absolute atomic E-state index is 0.390. The van der Waals surface area contributed by atoms with Gasteiger partial charge < -0.3 is 0 Å². The van der Waals surface area contributed by atoms with E-state index in [2.05, 4.69) is 16.3 Å². The molecule has 1 heterocycles. The summed E-state index contributed by atoms with van der Waals surface area (Å²) in [4.78, 5) is 0. The van der Waals surface area contributed by atoms with Gasteiger partial charge in [0.05, 0.1) is 23.7 Å². The van der Waals surface area contributed by atoms with Crippen molar-refractivity contribution in [3.05, 3.63) is 29.5 Å². The van der Waals surface area contributed by atoms with Crippen LogP contribution < -0.4 is 0 Å². The van der Waals surface area contributed by atoms with Crippen molar-refractivity contribution in [2.24, 2.45) is 0 Å².